The van der Waals surface area contributed by atoms with Gasteiger partial charge >= 0.3 is 0 Å². The Morgan fingerprint density at radius 1 is 0.304 bits per heavy atom. The number of nitrogens with zero attached hydrogens (tertiary/aromatic N) is 2. The van der Waals surface area contributed by atoms with Crippen molar-refractivity contribution in [3.8, 4) is 44.8 Å². The van der Waals surface area contributed by atoms with Gasteiger partial charge in [-0.1, -0.05) is 224 Å². The van der Waals surface area contributed by atoms with Crippen LogP contribution in [-0.4, -0.2) is 17.2 Å². The van der Waals surface area contributed by atoms with E-state index in [9.17, 15) is 1.37 Å². The van der Waals surface area contributed by atoms with E-state index in [0.29, 0.717) is 16.8 Å². The summed E-state index contributed by atoms with van der Waals surface area (Å²) in [6.07, 6.45) is 0. The van der Waals surface area contributed by atoms with E-state index in [1.165, 1.54) is 0 Å². The van der Waals surface area contributed by atoms with E-state index in [1.54, 1.807) is 12.1 Å². The number of hydrogen-bond donors (Lipinski definition) is 0. The maximum absolute atomic E-state index is 9.46. The second kappa shape index (κ2) is 16.8. The summed E-state index contributed by atoms with van der Waals surface area (Å²) in [6.45, 7) is 0. The van der Waals surface area contributed by atoms with E-state index in [4.69, 9.17) is 17.8 Å². The Bertz CT molecular complexity index is 4770. The van der Waals surface area contributed by atoms with Gasteiger partial charge in [0.2, 0.25) is 0 Å². The fourth-order valence-electron chi connectivity index (χ4n) is 10.4. The van der Waals surface area contributed by atoms with E-state index in [0.717, 1.165) is 70.0 Å². The fraction of sp³-hybridized carbons (Fsp3) is 0. The second-order valence-electron chi connectivity index (χ2n) is 17.0. The Hall–Kier alpha value is -8.76. The topological polar surface area (TPSA) is 9.86 Å². The molecule has 11 aromatic carbocycles. The van der Waals surface area contributed by atoms with Gasteiger partial charge < -0.3 is 9.13 Å². The average molecular weight is 909 g/mol. The third kappa shape index (κ3) is 6.70. The third-order valence-corrected chi connectivity index (χ3v) is 18.1. The van der Waals surface area contributed by atoms with Crippen LogP contribution in [0.3, 0.4) is 0 Å². The molecule has 69 heavy (non-hydrogen) atoms. The Morgan fingerprint density at radius 3 is 1.51 bits per heavy atom. The molecule has 2 nitrogen and oxygen atoms in total. The highest BCUT2D eigenvalue weighted by Crippen LogP contribution is 2.38. The van der Waals surface area contributed by atoms with Crippen LogP contribution in [-0.2, 0) is 0 Å². The van der Waals surface area contributed by atoms with Crippen molar-refractivity contribution in [1.29, 1.82) is 0 Å². The number of benzene rings is 11. The minimum atomic E-state index is -3.45. The lowest BCUT2D eigenvalue weighted by Crippen LogP contribution is -2.74. The Morgan fingerprint density at radius 2 is 0.797 bits per heavy atom. The second-order valence-corrected chi connectivity index (χ2v) is 20.7. The maximum atomic E-state index is 9.46. The molecule has 0 radical (unpaired) electrons. The molecule has 3 heteroatoms. The highest BCUT2D eigenvalue weighted by atomic mass is 28.3. The van der Waals surface area contributed by atoms with Crippen LogP contribution in [0.1, 0.15) is 19.2 Å². The first-order valence-corrected chi connectivity index (χ1v) is 24.7. The predicted molar refractivity (Wildman–Crippen MR) is 295 cm³/mol. The summed E-state index contributed by atoms with van der Waals surface area (Å²) in [7, 11) is -3.45. The van der Waals surface area contributed by atoms with E-state index in [2.05, 4.69) is 124 Å². The average Bonchev–Trinajstić information content (AvgIpc) is 2.18. The normalized spacial score (nSPS) is 14.6. The van der Waals surface area contributed by atoms with E-state index >= 15 is 0 Å². The molecule has 0 unspecified atom stereocenters. The van der Waals surface area contributed by atoms with Crippen molar-refractivity contribution < 1.29 is 19.2 Å². The zero-order valence-electron chi connectivity index (χ0n) is 50.9. The largest absolute Gasteiger partial charge is 0.309 e. The molecule has 0 fully saturated rings. The molecule has 0 saturated heterocycles. The molecule has 13 rings (SSSR count). The summed E-state index contributed by atoms with van der Waals surface area (Å²) in [5.74, 6) is 0. The quantitative estimate of drug-likeness (QED) is 0.101. The first-order valence-electron chi connectivity index (χ1n) is 29.7. The summed E-state index contributed by atoms with van der Waals surface area (Å²) in [5, 5.41) is 8.19. The van der Waals surface area contributed by atoms with Crippen LogP contribution in [0.2, 0.25) is 0 Å². The first kappa shape index (κ1) is 28.4. The molecule has 2 heterocycles. The molecule has 0 spiro atoms. The Balaban J connectivity index is 1.03. The first-order chi connectivity index (χ1) is 40.1. The molecule has 0 aliphatic heterocycles. The molecule has 0 saturated carbocycles. The lowest BCUT2D eigenvalue weighted by molar-refractivity contribution is 1.17. The van der Waals surface area contributed by atoms with Crippen LogP contribution in [0.4, 0.5) is 0 Å². The van der Waals surface area contributed by atoms with Gasteiger partial charge in [0, 0.05) is 32.9 Å². The zero-order chi connectivity index (χ0) is 57.9. The standard InChI is InChI=1S/C66H46N2Si/c1-5-21-47(22-6-1)49-25-17-26-50(43-49)51-27-18-29-53(44-51)67-61-37-15-13-35-58(61)60-46-54(41-42-63(60)67)68-62-38-16-14-36-59(62)66-64(68)39-20-40-65(66)69(55-30-9-3-10-31-55,56-32-11-4-12-33-56)57-34-19-28-52(45-57)48-23-7-2-8-24-48/h1-46H/i1D,2D,5D,6D,7D,8D,17D,21D,22D,23D,24D,25D,26D,43D. The zero-order valence-corrected chi connectivity index (χ0v) is 37.9. The molecule has 0 aliphatic rings. The molecule has 0 aliphatic carbocycles. The Labute approximate surface area is 423 Å². The van der Waals surface area contributed by atoms with Crippen molar-refractivity contribution in [2.24, 2.45) is 0 Å². The molecule has 0 atom stereocenters. The van der Waals surface area contributed by atoms with Crippen molar-refractivity contribution >= 4 is 72.4 Å². The maximum Gasteiger partial charge on any atom is 0.180 e. The van der Waals surface area contributed by atoms with Crippen LogP contribution < -0.4 is 20.7 Å². The summed E-state index contributed by atoms with van der Waals surface area (Å²) in [5.41, 5.74) is 5.53. The molecule has 2 aromatic heterocycles. The number of rotatable bonds is 9. The van der Waals surface area contributed by atoms with Crippen LogP contribution in [0.5, 0.6) is 0 Å². The van der Waals surface area contributed by atoms with Gasteiger partial charge in [0.25, 0.3) is 0 Å². The smallest absolute Gasteiger partial charge is 0.180 e. The minimum Gasteiger partial charge on any atom is -0.309 e. The van der Waals surface area contributed by atoms with Crippen molar-refractivity contribution in [2.45, 2.75) is 0 Å². The summed E-state index contributed by atoms with van der Waals surface area (Å²) >= 11 is 0. The lowest BCUT2D eigenvalue weighted by Gasteiger charge is -2.35. The number of para-hydroxylation sites is 2. The van der Waals surface area contributed by atoms with Crippen LogP contribution >= 0.6 is 0 Å². The highest BCUT2D eigenvalue weighted by molar-refractivity contribution is 7.20. The molecule has 324 valence electrons. The number of aromatic nitrogens is 2. The van der Waals surface area contributed by atoms with E-state index in [1.807, 2.05) is 66.7 Å². The van der Waals surface area contributed by atoms with Crippen molar-refractivity contribution in [1.82, 2.24) is 9.13 Å². The van der Waals surface area contributed by atoms with Crippen LogP contribution in [0, 0.1) is 0 Å². The van der Waals surface area contributed by atoms with E-state index < -0.39 is 80.6 Å². The van der Waals surface area contributed by atoms with Gasteiger partial charge in [0.05, 0.1) is 41.3 Å². The number of hydrogen-bond acceptors (Lipinski definition) is 0. The van der Waals surface area contributed by atoms with Crippen molar-refractivity contribution in [3.05, 3.63) is 279 Å². The van der Waals surface area contributed by atoms with Gasteiger partial charge in [-0.05, 0) is 109 Å². The van der Waals surface area contributed by atoms with Crippen molar-refractivity contribution in [3.63, 3.8) is 0 Å². The van der Waals surface area contributed by atoms with Gasteiger partial charge in [-0.15, -0.1) is 0 Å². The monoisotopic (exact) mass is 908 g/mol. The van der Waals surface area contributed by atoms with Gasteiger partial charge in [0.15, 0.2) is 8.07 Å². The summed E-state index contributed by atoms with van der Waals surface area (Å²) in [4.78, 5) is 0. The highest BCUT2D eigenvalue weighted by Gasteiger charge is 2.43. The molecular weight excluding hydrogens is 849 g/mol. The molecule has 0 bridgehead atoms. The predicted octanol–water partition coefficient (Wildman–Crippen LogP) is 14.3. The lowest BCUT2D eigenvalue weighted by atomic mass is 9.99. The number of fused-ring (bicyclic) bond motifs is 6. The van der Waals surface area contributed by atoms with Gasteiger partial charge in [-0.25, -0.2) is 0 Å². The van der Waals surface area contributed by atoms with Crippen LogP contribution in [0.15, 0.2) is 279 Å². The van der Waals surface area contributed by atoms with Crippen LogP contribution in [0.25, 0.3) is 88.4 Å². The van der Waals surface area contributed by atoms with Gasteiger partial charge in [-0.3, -0.25) is 0 Å². The summed E-state index contributed by atoms with van der Waals surface area (Å²) in [6, 6.07) is 58.5. The molecule has 13 aromatic rings. The third-order valence-electron chi connectivity index (χ3n) is 13.3. The SMILES string of the molecule is [2H]c1c([2H])c([2H])c(-c2cccc([Si](c3ccccc3)(c3ccccc3)c3cccc4c3c3ccccc3n4-c3ccc4c(c3)c3ccccc3n4-c3cccc(-c4c([2H])c([2H])c([2H])c(-c5c([2H])c([2H])c([2H])c([2H])c5[2H])c4[2H])c3)c2)c([2H])c1[2H]. The molecular formula is C66H46N2Si. The molecule has 0 N–H and O–H groups in total. The van der Waals surface area contributed by atoms with Gasteiger partial charge in [0.1, 0.15) is 0 Å². The Kier molecular flexibility index (Phi) is 6.94. The summed E-state index contributed by atoms with van der Waals surface area (Å²) < 4.78 is 127. The molecule has 0 amide bonds. The minimum absolute atomic E-state index is 0.0168. The van der Waals surface area contributed by atoms with Crippen molar-refractivity contribution in [2.75, 3.05) is 0 Å². The fourth-order valence-corrected chi connectivity index (χ4v) is 15.4. The van der Waals surface area contributed by atoms with Gasteiger partial charge in [-0.2, -0.15) is 0 Å². The van der Waals surface area contributed by atoms with E-state index in [-0.39, 0.29) is 34.3 Å².